The van der Waals surface area contributed by atoms with Gasteiger partial charge >= 0.3 is 0 Å². The maximum atomic E-state index is 3.31. The lowest BCUT2D eigenvalue weighted by atomic mass is 9.80. The summed E-state index contributed by atoms with van der Waals surface area (Å²) in [4.78, 5) is 0. The predicted molar refractivity (Wildman–Crippen MR) is 121 cm³/mol. The molecule has 0 nitrogen and oxygen atoms in total. The van der Waals surface area contributed by atoms with E-state index in [1.54, 1.807) is 0 Å². The Kier molecular flexibility index (Phi) is 7.98. The molecule has 0 saturated heterocycles. The molecule has 0 unspecified atom stereocenters. The van der Waals surface area contributed by atoms with Crippen LogP contribution < -0.4 is 0 Å². The minimum absolute atomic E-state index is 0.941. The van der Waals surface area contributed by atoms with Crippen molar-refractivity contribution in [3.63, 3.8) is 0 Å². The second kappa shape index (κ2) is 10.9. The van der Waals surface area contributed by atoms with E-state index in [0.29, 0.717) is 0 Å². The molecule has 1 aliphatic carbocycles. The van der Waals surface area contributed by atoms with Crippen LogP contribution in [0.15, 0.2) is 60.7 Å². The normalized spacial score (nSPS) is 19.4. The van der Waals surface area contributed by atoms with Crippen LogP contribution in [0.1, 0.15) is 74.6 Å². The summed E-state index contributed by atoms with van der Waals surface area (Å²) >= 11 is 0. The zero-order valence-corrected chi connectivity index (χ0v) is 17.6. The topological polar surface area (TPSA) is 0 Å². The van der Waals surface area contributed by atoms with Crippen molar-refractivity contribution in [3.05, 3.63) is 82.9 Å². The SMILES string of the molecule is C/C=C/CCc1ccc(C#Cc2ccc(CCC3CCC(C)CC3)cc2)cc1. The molecular weight excluding hydrogens is 336 g/mol. The van der Waals surface area contributed by atoms with Crippen LogP contribution in [0, 0.1) is 23.7 Å². The second-order valence-corrected chi connectivity index (χ2v) is 8.42. The predicted octanol–water partition coefficient (Wildman–Crippen LogP) is 7.35. The summed E-state index contributed by atoms with van der Waals surface area (Å²) in [6.45, 7) is 4.47. The van der Waals surface area contributed by atoms with Crippen molar-refractivity contribution in [1.29, 1.82) is 0 Å². The quantitative estimate of drug-likeness (QED) is 0.368. The third kappa shape index (κ3) is 6.72. The van der Waals surface area contributed by atoms with Gasteiger partial charge in [0.25, 0.3) is 0 Å². The Balaban J connectivity index is 1.49. The highest BCUT2D eigenvalue weighted by Crippen LogP contribution is 2.31. The van der Waals surface area contributed by atoms with Crippen molar-refractivity contribution in [2.45, 2.75) is 65.2 Å². The Morgan fingerprint density at radius 1 is 0.786 bits per heavy atom. The van der Waals surface area contributed by atoms with Gasteiger partial charge in [0, 0.05) is 11.1 Å². The highest BCUT2D eigenvalue weighted by Gasteiger charge is 2.17. The fourth-order valence-electron chi connectivity index (χ4n) is 4.06. The van der Waals surface area contributed by atoms with Gasteiger partial charge in [-0.2, -0.15) is 0 Å². The molecule has 3 rings (SSSR count). The molecule has 0 heterocycles. The maximum Gasteiger partial charge on any atom is 0.0249 e. The largest absolute Gasteiger partial charge is 0.0917 e. The van der Waals surface area contributed by atoms with E-state index in [9.17, 15) is 0 Å². The summed E-state index contributed by atoms with van der Waals surface area (Å²) in [6.07, 6.45) is 14.8. The van der Waals surface area contributed by atoms with Gasteiger partial charge in [0.15, 0.2) is 0 Å². The lowest BCUT2D eigenvalue weighted by Gasteiger charge is -2.26. The van der Waals surface area contributed by atoms with Gasteiger partial charge in [-0.05, 0) is 79.8 Å². The number of benzene rings is 2. The van der Waals surface area contributed by atoms with Crippen LogP contribution in [0.4, 0.5) is 0 Å². The molecule has 0 amide bonds. The number of hydrogen-bond acceptors (Lipinski definition) is 0. The first kappa shape index (κ1) is 20.5. The molecule has 0 bridgehead atoms. The van der Waals surface area contributed by atoms with Crippen LogP contribution in [0.2, 0.25) is 0 Å². The lowest BCUT2D eigenvalue weighted by molar-refractivity contribution is 0.278. The Bertz CT molecular complexity index is 788. The van der Waals surface area contributed by atoms with E-state index in [1.807, 2.05) is 0 Å². The molecule has 0 aromatic heterocycles. The zero-order chi connectivity index (χ0) is 19.6. The minimum Gasteiger partial charge on any atom is -0.0917 e. The lowest BCUT2D eigenvalue weighted by Crippen LogP contribution is -2.12. The highest BCUT2D eigenvalue weighted by atomic mass is 14.2. The van der Waals surface area contributed by atoms with Crippen LogP contribution in [-0.4, -0.2) is 0 Å². The average Bonchev–Trinajstić information content (AvgIpc) is 2.74. The summed E-state index contributed by atoms with van der Waals surface area (Å²) in [7, 11) is 0. The van der Waals surface area contributed by atoms with Gasteiger partial charge < -0.3 is 0 Å². The molecule has 0 aliphatic heterocycles. The van der Waals surface area contributed by atoms with E-state index in [0.717, 1.165) is 35.8 Å². The van der Waals surface area contributed by atoms with Crippen molar-refractivity contribution in [2.24, 2.45) is 11.8 Å². The zero-order valence-electron chi connectivity index (χ0n) is 17.6. The van der Waals surface area contributed by atoms with Crippen molar-refractivity contribution in [2.75, 3.05) is 0 Å². The first-order valence-electron chi connectivity index (χ1n) is 11.0. The van der Waals surface area contributed by atoms with Crippen molar-refractivity contribution < 1.29 is 0 Å². The minimum atomic E-state index is 0.941. The Morgan fingerprint density at radius 2 is 1.32 bits per heavy atom. The van der Waals surface area contributed by atoms with Crippen molar-refractivity contribution in [3.8, 4) is 11.8 Å². The van der Waals surface area contributed by atoms with Gasteiger partial charge in [0.2, 0.25) is 0 Å². The van der Waals surface area contributed by atoms with E-state index < -0.39 is 0 Å². The van der Waals surface area contributed by atoms with Gasteiger partial charge in [0.05, 0.1) is 0 Å². The number of aryl methyl sites for hydroxylation is 2. The van der Waals surface area contributed by atoms with Crippen LogP contribution in [0.5, 0.6) is 0 Å². The monoisotopic (exact) mass is 370 g/mol. The molecule has 0 N–H and O–H groups in total. The fraction of sp³-hybridized carbons (Fsp3) is 0.429. The van der Waals surface area contributed by atoms with Crippen molar-refractivity contribution in [1.82, 2.24) is 0 Å². The molecule has 1 fully saturated rings. The van der Waals surface area contributed by atoms with Gasteiger partial charge in [0.1, 0.15) is 0 Å². The summed E-state index contributed by atoms with van der Waals surface area (Å²) in [5, 5.41) is 0. The van der Waals surface area contributed by atoms with Crippen LogP contribution >= 0.6 is 0 Å². The summed E-state index contributed by atoms with van der Waals surface area (Å²) < 4.78 is 0. The van der Waals surface area contributed by atoms with Gasteiger partial charge in [-0.25, -0.2) is 0 Å². The van der Waals surface area contributed by atoms with E-state index in [4.69, 9.17) is 0 Å². The third-order valence-corrected chi connectivity index (χ3v) is 6.07. The third-order valence-electron chi connectivity index (χ3n) is 6.07. The number of rotatable bonds is 6. The molecule has 2 aromatic carbocycles. The molecule has 1 aliphatic rings. The standard InChI is InChI=1S/C28H34/c1-3-4-5-6-24-11-13-26(14-12-24)17-18-28-21-19-27(20-22-28)16-15-25-9-7-23(2)8-10-25/h3-4,11-14,19-23,25H,5-10,15-16H2,1-2H3/b4-3+. The highest BCUT2D eigenvalue weighted by molar-refractivity contribution is 5.44. The molecule has 0 radical (unpaired) electrons. The summed E-state index contributed by atoms with van der Waals surface area (Å²) in [6, 6.07) is 17.5. The van der Waals surface area contributed by atoms with Gasteiger partial charge in [-0.1, -0.05) is 80.9 Å². The van der Waals surface area contributed by atoms with Crippen LogP contribution in [0.3, 0.4) is 0 Å². The summed E-state index contributed by atoms with van der Waals surface area (Å²) in [5.74, 6) is 8.50. The van der Waals surface area contributed by atoms with E-state index in [1.165, 1.54) is 49.7 Å². The molecule has 0 heteroatoms. The molecule has 28 heavy (non-hydrogen) atoms. The Hall–Kier alpha value is -2.26. The van der Waals surface area contributed by atoms with Crippen LogP contribution in [-0.2, 0) is 12.8 Å². The maximum absolute atomic E-state index is 3.31. The fourth-order valence-corrected chi connectivity index (χ4v) is 4.06. The number of allylic oxidation sites excluding steroid dienone is 2. The van der Waals surface area contributed by atoms with Crippen molar-refractivity contribution >= 4 is 0 Å². The first-order valence-corrected chi connectivity index (χ1v) is 11.0. The smallest absolute Gasteiger partial charge is 0.0249 e. The molecule has 0 atom stereocenters. The molecular formula is C28H34. The number of hydrogen-bond donors (Lipinski definition) is 0. The molecule has 1 saturated carbocycles. The van der Waals surface area contributed by atoms with Gasteiger partial charge in [-0.15, -0.1) is 0 Å². The average molecular weight is 371 g/mol. The first-order chi connectivity index (χ1) is 13.7. The van der Waals surface area contributed by atoms with E-state index in [-0.39, 0.29) is 0 Å². The van der Waals surface area contributed by atoms with E-state index >= 15 is 0 Å². The second-order valence-electron chi connectivity index (χ2n) is 8.42. The molecule has 2 aromatic rings. The molecule has 146 valence electrons. The van der Waals surface area contributed by atoms with E-state index in [2.05, 4.69) is 86.4 Å². The molecule has 0 spiro atoms. The Morgan fingerprint density at radius 3 is 1.86 bits per heavy atom. The van der Waals surface area contributed by atoms with Crippen LogP contribution in [0.25, 0.3) is 0 Å². The Labute approximate surface area is 172 Å². The summed E-state index contributed by atoms with van der Waals surface area (Å²) in [5.41, 5.74) is 5.02. The van der Waals surface area contributed by atoms with Gasteiger partial charge in [-0.3, -0.25) is 0 Å².